The van der Waals surface area contributed by atoms with Gasteiger partial charge in [-0.15, -0.1) is 11.3 Å². The lowest BCUT2D eigenvalue weighted by molar-refractivity contribution is -0.137. The number of fused-ring (bicyclic) bond motifs is 1. The van der Waals surface area contributed by atoms with E-state index in [1.165, 1.54) is 12.1 Å². The van der Waals surface area contributed by atoms with Crippen molar-refractivity contribution in [2.75, 3.05) is 20.3 Å². The zero-order valence-electron chi connectivity index (χ0n) is 17.5. The number of methoxy groups -OCH3 is 1. The third-order valence-corrected chi connectivity index (χ3v) is 6.46. The van der Waals surface area contributed by atoms with E-state index < -0.39 is 5.72 Å². The van der Waals surface area contributed by atoms with E-state index in [4.69, 9.17) is 9.57 Å². The van der Waals surface area contributed by atoms with Gasteiger partial charge in [0.2, 0.25) is 0 Å². The van der Waals surface area contributed by atoms with Crippen LogP contribution < -0.4 is 4.74 Å². The number of aromatic nitrogens is 1. The third kappa shape index (κ3) is 3.45. The van der Waals surface area contributed by atoms with Crippen LogP contribution in [0, 0.1) is 5.82 Å². The van der Waals surface area contributed by atoms with Crippen LogP contribution in [0.2, 0.25) is 0 Å². The van der Waals surface area contributed by atoms with Gasteiger partial charge < -0.3 is 19.6 Å². The number of thiazole rings is 1. The van der Waals surface area contributed by atoms with Gasteiger partial charge in [0.05, 0.1) is 18.3 Å². The molecule has 6 nitrogen and oxygen atoms in total. The molecule has 1 saturated heterocycles. The predicted octanol–water partition coefficient (Wildman–Crippen LogP) is 4.63. The van der Waals surface area contributed by atoms with E-state index in [0.29, 0.717) is 17.9 Å². The maximum absolute atomic E-state index is 13.5. The molecule has 1 unspecified atom stereocenters. The molecule has 1 fully saturated rings. The number of hydrogen-bond acceptors (Lipinski definition) is 7. The molecule has 1 aromatic heterocycles. The van der Waals surface area contributed by atoms with Gasteiger partial charge in [0.25, 0.3) is 5.72 Å². The number of ether oxygens (including phenoxy) is 1. The van der Waals surface area contributed by atoms with Gasteiger partial charge in [-0.1, -0.05) is 11.2 Å². The number of oxime groups is 1. The molecular formula is C24H22FN3O3S. The summed E-state index contributed by atoms with van der Waals surface area (Å²) in [7, 11) is 1.65. The molecule has 3 aromatic rings. The van der Waals surface area contributed by atoms with Gasteiger partial charge in [0, 0.05) is 23.1 Å². The number of hydrogen-bond donors (Lipinski definition) is 1. The minimum atomic E-state index is -1.14. The van der Waals surface area contributed by atoms with Crippen LogP contribution in [0.25, 0.3) is 17.3 Å². The molecule has 164 valence electrons. The molecule has 0 aliphatic carbocycles. The Kier molecular flexibility index (Phi) is 5.40. The first-order chi connectivity index (χ1) is 15.6. The second-order valence-corrected chi connectivity index (χ2v) is 8.43. The van der Waals surface area contributed by atoms with Gasteiger partial charge in [-0.2, -0.15) is 0 Å². The van der Waals surface area contributed by atoms with Crippen molar-refractivity contribution in [3.05, 3.63) is 75.9 Å². The number of aliphatic hydroxyl groups is 1. The Bertz CT molecular complexity index is 1180. The lowest BCUT2D eigenvalue weighted by atomic mass is 9.94. The lowest BCUT2D eigenvalue weighted by Gasteiger charge is -2.38. The summed E-state index contributed by atoms with van der Waals surface area (Å²) in [5.74, 6) is 1.10. The first kappa shape index (κ1) is 20.7. The maximum atomic E-state index is 13.5. The van der Waals surface area contributed by atoms with Crippen LogP contribution in [0.5, 0.6) is 5.75 Å². The van der Waals surface area contributed by atoms with Crippen LogP contribution in [-0.4, -0.2) is 41.1 Å². The first-order valence-corrected chi connectivity index (χ1v) is 11.3. The summed E-state index contributed by atoms with van der Waals surface area (Å²) < 4.78 is 19.1. The van der Waals surface area contributed by atoms with Gasteiger partial charge >= 0.3 is 0 Å². The monoisotopic (exact) mass is 451 g/mol. The largest absolute Gasteiger partial charge is 0.496 e. The molecule has 8 heteroatoms. The minimum absolute atomic E-state index is 0.297. The van der Waals surface area contributed by atoms with Crippen LogP contribution in [0.1, 0.15) is 24.0 Å². The van der Waals surface area contributed by atoms with Crippen molar-refractivity contribution in [1.29, 1.82) is 0 Å². The summed E-state index contributed by atoms with van der Waals surface area (Å²) in [5, 5.41) is 16.6. The maximum Gasteiger partial charge on any atom is 0.260 e. The van der Waals surface area contributed by atoms with Crippen molar-refractivity contribution in [3.63, 3.8) is 0 Å². The van der Waals surface area contributed by atoms with Gasteiger partial charge in [-0.25, -0.2) is 9.37 Å². The molecule has 1 N–H and O–H groups in total. The highest BCUT2D eigenvalue weighted by atomic mass is 32.1. The quantitative estimate of drug-likeness (QED) is 0.613. The zero-order valence-corrected chi connectivity index (χ0v) is 18.3. The second kappa shape index (κ2) is 8.37. The number of rotatable bonds is 5. The third-order valence-electron chi connectivity index (χ3n) is 5.87. The van der Waals surface area contributed by atoms with Crippen molar-refractivity contribution < 1.29 is 19.1 Å². The number of aliphatic hydroxyl groups excluding tert-OH is 1. The van der Waals surface area contributed by atoms with Crippen LogP contribution in [0.4, 0.5) is 4.39 Å². The molecule has 2 aliphatic heterocycles. The number of amidine groups is 1. The van der Waals surface area contributed by atoms with E-state index in [9.17, 15) is 9.50 Å². The molecule has 0 radical (unpaired) electrons. The molecule has 3 heterocycles. The highest BCUT2D eigenvalue weighted by molar-refractivity contribution is 7.07. The highest BCUT2D eigenvalue weighted by Gasteiger charge is 2.49. The fourth-order valence-electron chi connectivity index (χ4n) is 4.26. The van der Waals surface area contributed by atoms with Crippen LogP contribution >= 0.6 is 11.3 Å². The van der Waals surface area contributed by atoms with Gasteiger partial charge in [-0.3, -0.25) is 0 Å². The SMILES string of the molecule is COc1cc(/C=C2\CCCN3C2=NOC3(CO)c2ccc(F)cc2)ccc1-c1cscn1. The average molecular weight is 452 g/mol. The van der Waals surface area contributed by atoms with E-state index in [0.717, 1.165) is 41.0 Å². The van der Waals surface area contributed by atoms with Crippen molar-refractivity contribution >= 4 is 23.2 Å². The fourth-order valence-corrected chi connectivity index (χ4v) is 4.82. The summed E-state index contributed by atoms with van der Waals surface area (Å²) in [6.45, 7) is 0.384. The molecule has 1 atom stereocenters. The van der Waals surface area contributed by atoms with E-state index >= 15 is 0 Å². The number of benzene rings is 2. The summed E-state index contributed by atoms with van der Waals surface area (Å²) in [5.41, 5.74) is 5.13. The number of halogens is 1. The Balaban J connectivity index is 1.47. The first-order valence-electron chi connectivity index (χ1n) is 10.3. The van der Waals surface area contributed by atoms with Gasteiger partial charge in [0.1, 0.15) is 18.2 Å². The topological polar surface area (TPSA) is 67.2 Å². The average Bonchev–Trinajstić information content (AvgIpc) is 3.49. The molecule has 0 amide bonds. The van der Waals surface area contributed by atoms with Crippen LogP contribution in [0.15, 0.2) is 64.1 Å². The molecule has 0 bridgehead atoms. The Morgan fingerprint density at radius 1 is 1.28 bits per heavy atom. The zero-order chi connectivity index (χ0) is 22.1. The van der Waals surface area contributed by atoms with E-state index in [2.05, 4.69) is 16.2 Å². The fraction of sp³-hybridized carbons (Fsp3) is 0.250. The Hall–Kier alpha value is -3.23. The number of nitrogens with zero attached hydrogens (tertiary/aromatic N) is 3. The summed E-state index contributed by atoms with van der Waals surface area (Å²) in [4.78, 5) is 12.2. The minimum Gasteiger partial charge on any atom is -0.496 e. The smallest absolute Gasteiger partial charge is 0.260 e. The van der Waals surface area contributed by atoms with E-state index in [1.54, 1.807) is 36.1 Å². The molecule has 32 heavy (non-hydrogen) atoms. The summed E-state index contributed by atoms with van der Waals surface area (Å²) >= 11 is 1.54. The molecule has 0 spiro atoms. The van der Waals surface area contributed by atoms with Crippen molar-refractivity contribution in [2.24, 2.45) is 5.16 Å². The molecule has 2 aliphatic rings. The Morgan fingerprint density at radius 2 is 2.12 bits per heavy atom. The predicted molar refractivity (Wildman–Crippen MR) is 122 cm³/mol. The normalized spacial score (nSPS) is 21.3. The van der Waals surface area contributed by atoms with Crippen LogP contribution in [-0.2, 0) is 10.6 Å². The molecule has 2 aromatic carbocycles. The number of piperidine rings is 1. The van der Waals surface area contributed by atoms with Crippen LogP contribution in [0.3, 0.4) is 0 Å². The van der Waals surface area contributed by atoms with Gasteiger partial charge in [-0.05, 0) is 66.5 Å². The summed E-state index contributed by atoms with van der Waals surface area (Å²) in [6, 6.07) is 12.0. The Morgan fingerprint density at radius 3 is 2.84 bits per heavy atom. The van der Waals surface area contributed by atoms with Gasteiger partial charge in [0.15, 0.2) is 5.84 Å². The van der Waals surface area contributed by atoms with Crippen molar-refractivity contribution in [2.45, 2.75) is 18.6 Å². The van der Waals surface area contributed by atoms with Crippen molar-refractivity contribution in [1.82, 2.24) is 9.88 Å². The second-order valence-electron chi connectivity index (χ2n) is 7.71. The molecular weight excluding hydrogens is 429 g/mol. The lowest BCUT2D eigenvalue weighted by Crippen LogP contribution is -2.51. The molecule has 5 rings (SSSR count). The van der Waals surface area contributed by atoms with E-state index in [-0.39, 0.29) is 12.4 Å². The molecule has 0 saturated carbocycles. The van der Waals surface area contributed by atoms with Crippen molar-refractivity contribution in [3.8, 4) is 17.0 Å². The highest BCUT2D eigenvalue weighted by Crippen LogP contribution is 2.40. The van der Waals surface area contributed by atoms with E-state index in [1.807, 2.05) is 28.5 Å². The Labute approximate surface area is 189 Å². The standard InChI is InChI=1S/C24H22FN3O3S/c1-30-22-12-16(4-9-20(22)21-13-32-15-26-21)11-17-3-2-10-28-23(17)27-31-24(28,14-29)18-5-7-19(25)8-6-18/h4-9,11-13,15,29H,2-3,10,14H2,1H3/b17-11+. The summed E-state index contributed by atoms with van der Waals surface area (Å²) in [6.07, 6.45) is 3.78.